The molecule has 2 aromatic rings. The fraction of sp³-hybridized carbons (Fsp3) is 0.348. The maximum Gasteiger partial charge on any atom is 0.269 e. The summed E-state index contributed by atoms with van der Waals surface area (Å²) in [5.74, 6) is -0.663. The molecule has 4 rings (SSSR count). The SMILES string of the molecule is CC12CCC(C(=O)Nc3cccc(Cl)c3)(C(=O)C1=NNc1ccc([N+](=O)[O-])cc1)C2(C)C. The number of anilines is 2. The van der Waals surface area contributed by atoms with E-state index in [1.165, 1.54) is 24.3 Å². The molecule has 2 N–H and O–H groups in total. The zero-order valence-corrected chi connectivity index (χ0v) is 18.7. The second-order valence-electron chi connectivity index (χ2n) is 9.03. The number of benzene rings is 2. The highest BCUT2D eigenvalue weighted by atomic mass is 35.5. The molecule has 2 saturated carbocycles. The molecule has 2 aliphatic rings. The molecule has 9 heteroatoms. The predicted molar refractivity (Wildman–Crippen MR) is 123 cm³/mol. The van der Waals surface area contributed by atoms with E-state index in [4.69, 9.17) is 11.6 Å². The molecule has 2 bridgehead atoms. The third-order valence-corrected chi connectivity index (χ3v) is 7.65. The van der Waals surface area contributed by atoms with Crippen molar-refractivity contribution in [3.63, 3.8) is 0 Å². The zero-order chi connectivity index (χ0) is 23.3. The van der Waals surface area contributed by atoms with Gasteiger partial charge in [0, 0.05) is 28.3 Å². The third kappa shape index (κ3) is 3.01. The van der Waals surface area contributed by atoms with Gasteiger partial charge in [-0.3, -0.25) is 25.1 Å². The minimum atomic E-state index is -1.25. The van der Waals surface area contributed by atoms with Gasteiger partial charge >= 0.3 is 0 Å². The van der Waals surface area contributed by atoms with Crippen LogP contribution in [0.2, 0.25) is 5.02 Å². The Balaban J connectivity index is 1.65. The van der Waals surface area contributed by atoms with Crippen molar-refractivity contribution in [1.29, 1.82) is 0 Å². The monoisotopic (exact) mass is 454 g/mol. The molecule has 2 unspecified atom stereocenters. The second-order valence-corrected chi connectivity index (χ2v) is 9.47. The first-order valence-electron chi connectivity index (χ1n) is 10.2. The number of carbonyl (C=O) groups is 2. The van der Waals surface area contributed by atoms with E-state index < -0.39 is 21.2 Å². The summed E-state index contributed by atoms with van der Waals surface area (Å²) in [4.78, 5) is 37.5. The lowest BCUT2D eigenvalue weighted by Gasteiger charge is -2.37. The van der Waals surface area contributed by atoms with Gasteiger partial charge in [0.15, 0.2) is 5.78 Å². The summed E-state index contributed by atoms with van der Waals surface area (Å²) in [7, 11) is 0. The lowest BCUT2D eigenvalue weighted by Crippen LogP contribution is -2.47. The van der Waals surface area contributed by atoms with E-state index in [-0.39, 0.29) is 17.4 Å². The molecule has 0 aromatic heterocycles. The molecule has 32 heavy (non-hydrogen) atoms. The normalized spacial score (nSPS) is 26.9. The first-order chi connectivity index (χ1) is 15.0. The van der Waals surface area contributed by atoms with Crippen LogP contribution < -0.4 is 10.7 Å². The summed E-state index contributed by atoms with van der Waals surface area (Å²) in [6.07, 6.45) is 1.06. The number of nitrogens with zero attached hydrogens (tertiary/aromatic N) is 2. The lowest BCUT2D eigenvalue weighted by molar-refractivity contribution is -0.384. The number of nitro groups is 1. The molecule has 1 amide bonds. The van der Waals surface area contributed by atoms with Gasteiger partial charge in [-0.2, -0.15) is 5.10 Å². The molecule has 0 aliphatic heterocycles. The van der Waals surface area contributed by atoms with Gasteiger partial charge < -0.3 is 5.32 Å². The number of rotatable bonds is 5. The number of nitrogens with one attached hydrogen (secondary N) is 2. The van der Waals surface area contributed by atoms with E-state index >= 15 is 0 Å². The summed E-state index contributed by atoms with van der Waals surface area (Å²) in [6, 6.07) is 12.6. The molecule has 166 valence electrons. The summed E-state index contributed by atoms with van der Waals surface area (Å²) in [6.45, 7) is 5.83. The van der Waals surface area contributed by atoms with Gasteiger partial charge in [-0.25, -0.2) is 0 Å². The van der Waals surface area contributed by atoms with Crippen molar-refractivity contribution in [2.75, 3.05) is 10.7 Å². The van der Waals surface area contributed by atoms with Gasteiger partial charge in [0.1, 0.15) is 11.1 Å². The number of hydrazone groups is 1. The smallest absolute Gasteiger partial charge is 0.269 e. The lowest BCUT2D eigenvalue weighted by atomic mass is 9.64. The highest BCUT2D eigenvalue weighted by Gasteiger charge is 2.76. The molecular formula is C23H23ClN4O4. The Kier molecular flexibility index (Phi) is 5.08. The van der Waals surface area contributed by atoms with Crippen molar-refractivity contribution < 1.29 is 14.5 Å². The molecular weight excluding hydrogens is 432 g/mol. The van der Waals surface area contributed by atoms with Gasteiger partial charge in [0.05, 0.1) is 10.6 Å². The first kappa shape index (κ1) is 22.0. The minimum absolute atomic E-state index is 0.0380. The summed E-state index contributed by atoms with van der Waals surface area (Å²) < 4.78 is 0. The minimum Gasteiger partial charge on any atom is -0.325 e. The van der Waals surface area contributed by atoms with Gasteiger partial charge in [-0.1, -0.05) is 38.4 Å². The van der Waals surface area contributed by atoms with E-state index in [9.17, 15) is 19.7 Å². The average molecular weight is 455 g/mol. The average Bonchev–Trinajstić information content (AvgIpc) is 3.02. The van der Waals surface area contributed by atoms with Crippen LogP contribution in [0.3, 0.4) is 0 Å². The molecule has 2 atom stereocenters. The number of ketones is 1. The van der Waals surface area contributed by atoms with Crippen LogP contribution in [0.15, 0.2) is 53.6 Å². The Labute approximate surface area is 190 Å². The number of non-ortho nitro benzene ring substituents is 1. The number of Topliss-reactive ketones (excluding diaryl/α,β-unsaturated/α-hetero) is 1. The van der Waals surface area contributed by atoms with Crippen LogP contribution in [0, 0.1) is 26.4 Å². The fourth-order valence-electron chi connectivity index (χ4n) is 5.05. The van der Waals surface area contributed by atoms with Crippen LogP contribution in [-0.4, -0.2) is 22.3 Å². The highest BCUT2D eigenvalue weighted by molar-refractivity contribution is 6.51. The molecule has 0 spiro atoms. The number of hydrogen-bond donors (Lipinski definition) is 2. The third-order valence-electron chi connectivity index (χ3n) is 7.42. The van der Waals surface area contributed by atoms with Crippen molar-refractivity contribution in [1.82, 2.24) is 0 Å². The second kappa shape index (κ2) is 7.41. The van der Waals surface area contributed by atoms with Crippen molar-refractivity contribution in [3.05, 3.63) is 63.7 Å². The Morgan fingerprint density at radius 2 is 1.78 bits per heavy atom. The Morgan fingerprint density at radius 1 is 1.09 bits per heavy atom. The number of hydrogen-bond acceptors (Lipinski definition) is 6. The molecule has 2 fully saturated rings. The number of halogens is 1. The first-order valence-corrected chi connectivity index (χ1v) is 10.6. The van der Waals surface area contributed by atoms with Crippen molar-refractivity contribution in [2.45, 2.75) is 33.6 Å². The van der Waals surface area contributed by atoms with Crippen molar-refractivity contribution >= 4 is 46.1 Å². The number of nitro benzene ring substituents is 1. The maximum absolute atomic E-state index is 13.6. The van der Waals surface area contributed by atoms with E-state index in [0.29, 0.717) is 35.0 Å². The number of carbonyl (C=O) groups excluding carboxylic acids is 2. The largest absolute Gasteiger partial charge is 0.325 e. The van der Waals surface area contributed by atoms with Gasteiger partial charge in [-0.05, 0) is 48.6 Å². The van der Waals surface area contributed by atoms with Crippen LogP contribution in [0.5, 0.6) is 0 Å². The van der Waals surface area contributed by atoms with E-state index in [0.717, 1.165) is 0 Å². The zero-order valence-electron chi connectivity index (χ0n) is 17.9. The van der Waals surface area contributed by atoms with E-state index in [1.54, 1.807) is 24.3 Å². The quantitative estimate of drug-likeness (QED) is 0.372. The Bertz CT molecular complexity index is 1160. The molecule has 0 radical (unpaired) electrons. The number of amides is 1. The van der Waals surface area contributed by atoms with Crippen LogP contribution in [0.25, 0.3) is 0 Å². The van der Waals surface area contributed by atoms with Gasteiger partial charge in [-0.15, -0.1) is 0 Å². The maximum atomic E-state index is 13.6. The predicted octanol–water partition coefficient (Wildman–Crippen LogP) is 5.05. The van der Waals surface area contributed by atoms with Gasteiger partial charge in [0.25, 0.3) is 5.69 Å². The van der Waals surface area contributed by atoms with E-state index in [2.05, 4.69) is 15.8 Å². The molecule has 8 nitrogen and oxygen atoms in total. The summed E-state index contributed by atoms with van der Waals surface area (Å²) >= 11 is 6.04. The molecule has 2 aliphatic carbocycles. The van der Waals surface area contributed by atoms with E-state index in [1.807, 2.05) is 20.8 Å². The Hall–Kier alpha value is -3.26. The molecule has 0 saturated heterocycles. The van der Waals surface area contributed by atoms with Crippen LogP contribution in [0.4, 0.5) is 17.1 Å². The molecule has 0 heterocycles. The molecule has 2 aromatic carbocycles. The summed E-state index contributed by atoms with van der Waals surface area (Å²) in [5.41, 5.74) is 1.63. The van der Waals surface area contributed by atoms with Crippen LogP contribution in [0.1, 0.15) is 33.6 Å². The standard InChI is InChI=1S/C23H23ClN4O4/c1-21(2)22(3)11-12-23(21,20(30)25-16-6-4-5-14(24)13-16)19(29)18(22)27-26-15-7-9-17(10-8-15)28(31)32/h4-10,13,26H,11-12H2,1-3H3,(H,25,30). The van der Waals surface area contributed by atoms with Crippen molar-refractivity contribution in [3.8, 4) is 0 Å². The van der Waals surface area contributed by atoms with Crippen LogP contribution in [-0.2, 0) is 9.59 Å². The number of fused-ring (bicyclic) bond motifs is 2. The Morgan fingerprint density at radius 3 is 2.41 bits per heavy atom. The van der Waals surface area contributed by atoms with Crippen LogP contribution >= 0.6 is 11.6 Å². The van der Waals surface area contributed by atoms with Crippen molar-refractivity contribution in [2.24, 2.45) is 21.3 Å². The van der Waals surface area contributed by atoms with Gasteiger partial charge in [0.2, 0.25) is 5.91 Å². The summed E-state index contributed by atoms with van der Waals surface area (Å²) in [5, 5.41) is 18.6. The fourth-order valence-corrected chi connectivity index (χ4v) is 5.25. The highest BCUT2D eigenvalue weighted by Crippen LogP contribution is 2.69. The topological polar surface area (TPSA) is 114 Å².